The van der Waals surface area contributed by atoms with Crippen molar-refractivity contribution in [3.05, 3.63) is 101 Å². The molecule has 4 heteroatoms. The highest BCUT2D eigenvalue weighted by Crippen LogP contribution is 2.19. The van der Waals surface area contributed by atoms with Gasteiger partial charge in [0.05, 0.1) is 22.8 Å². The molecule has 0 aliphatic heterocycles. The average molecular weight is 351 g/mol. The predicted octanol–water partition coefficient (Wildman–Crippen LogP) is 4.50. The fraction of sp³-hybridized carbons (Fsp3) is 0.0870. The van der Waals surface area contributed by atoms with Crippen LogP contribution in [0.1, 0.15) is 32.7 Å². The van der Waals surface area contributed by atoms with Crippen molar-refractivity contribution in [1.29, 1.82) is 5.26 Å². The first-order valence-electron chi connectivity index (χ1n) is 8.70. The van der Waals surface area contributed by atoms with Gasteiger partial charge >= 0.3 is 0 Å². The summed E-state index contributed by atoms with van der Waals surface area (Å²) in [5.41, 5.74) is 4.76. The number of rotatable bonds is 4. The lowest BCUT2D eigenvalue weighted by molar-refractivity contribution is 0.103. The summed E-state index contributed by atoms with van der Waals surface area (Å²) in [6.07, 6.45) is 3.69. The summed E-state index contributed by atoms with van der Waals surface area (Å²) in [7, 11) is 0. The van der Waals surface area contributed by atoms with Crippen LogP contribution in [0, 0.1) is 18.3 Å². The van der Waals surface area contributed by atoms with Gasteiger partial charge in [0.25, 0.3) is 0 Å². The first kappa shape index (κ1) is 16.7. The zero-order valence-corrected chi connectivity index (χ0v) is 14.9. The molecule has 0 amide bonds. The van der Waals surface area contributed by atoms with Gasteiger partial charge in [0.1, 0.15) is 0 Å². The number of nitriles is 1. The molecule has 0 spiro atoms. The monoisotopic (exact) mass is 351 g/mol. The Bertz CT molecular complexity index is 1180. The van der Waals surface area contributed by atoms with E-state index in [0.717, 1.165) is 22.0 Å². The van der Waals surface area contributed by atoms with Gasteiger partial charge in [-0.15, -0.1) is 0 Å². The van der Waals surface area contributed by atoms with Crippen LogP contribution in [-0.2, 0) is 6.54 Å². The molecule has 0 atom stereocenters. The molecule has 0 aliphatic carbocycles. The maximum Gasteiger partial charge on any atom is 0.209 e. The third-order valence-electron chi connectivity index (χ3n) is 4.63. The lowest BCUT2D eigenvalue weighted by atomic mass is 10.1. The summed E-state index contributed by atoms with van der Waals surface area (Å²) in [6.45, 7) is 2.52. The maximum absolute atomic E-state index is 12.9. The van der Waals surface area contributed by atoms with Crippen LogP contribution < -0.4 is 0 Å². The minimum atomic E-state index is -0.00791. The second-order valence-corrected chi connectivity index (χ2v) is 6.54. The minimum absolute atomic E-state index is 0.00791. The summed E-state index contributed by atoms with van der Waals surface area (Å²) < 4.78 is 1.92. The zero-order chi connectivity index (χ0) is 18.8. The van der Waals surface area contributed by atoms with Crippen LogP contribution in [0.15, 0.2) is 73.1 Å². The number of pyridine rings is 1. The normalized spacial score (nSPS) is 10.7. The summed E-state index contributed by atoms with van der Waals surface area (Å²) >= 11 is 0. The third kappa shape index (κ3) is 3.23. The maximum atomic E-state index is 12.9. The van der Waals surface area contributed by atoms with E-state index in [2.05, 4.69) is 11.1 Å². The molecular weight excluding hydrogens is 334 g/mol. The molecular formula is C23H17N3O. The molecule has 4 rings (SSSR count). The van der Waals surface area contributed by atoms with Gasteiger partial charge in [0.15, 0.2) is 0 Å². The van der Waals surface area contributed by atoms with Gasteiger partial charge in [-0.2, -0.15) is 5.26 Å². The summed E-state index contributed by atoms with van der Waals surface area (Å²) in [4.78, 5) is 17.3. The highest BCUT2D eigenvalue weighted by atomic mass is 16.1. The van der Waals surface area contributed by atoms with E-state index in [1.54, 1.807) is 12.3 Å². The van der Waals surface area contributed by atoms with E-state index < -0.39 is 0 Å². The number of nitrogens with zero attached hydrogens (tertiary/aromatic N) is 3. The molecule has 0 unspecified atom stereocenters. The molecule has 0 saturated heterocycles. The number of benzene rings is 2. The Kier molecular flexibility index (Phi) is 4.27. The van der Waals surface area contributed by atoms with Gasteiger partial charge in [-0.25, -0.2) is 0 Å². The van der Waals surface area contributed by atoms with E-state index in [1.807, 2.05) is 72.3 Å². The zero-order valence-electron chi connectivity index (χ0n) is 14.9. The van der Waals surface area contributed by atoms with E-state index in [4.69, 9.17) is 0 Å². The fourth-order valence-electron chi connectivity index (χ4n) is 3.18. The first-order valence-corrected chi connectivity index (χ1v) is 8.70. The van der Waals surface area contributed by atoms with Crippen LogP contribution in [0.2, 0.25) is 0 Å². The van der Waals surface area contributed by atoms with Crippen molar-refractivity contribution in [2.75, 3.05) is 0 Å². The van der Waals surface area contributed by atoms with Gasteiger partial charge < -0.3 is 4.57 Å². The number of ketones is 1. The highest BCUT2D eigenvalue weighted by Gasteiger charge is 2.14. The van der Waals surface area contributed by atoms with E-state index >= 15 is 0 Å². The number of carbonyl (C=O) groups is 1. The standard InChI is InChI=1S/C23H17N3O/c1-16-7-9-18(10-8-16)23(27)22-6-3-11-26(22)15-17-12-20-19(13-24)4-2-5-21(20)25-14-17/h2-12,14H,15H2,1H3. The fourth-order valence-corrected chi connectivity index (χ4v) is 3.18. The molecule has 2 aromatic carbocycles. The Morgan fingerprint density at radius 1 is 1.11 bits per heavy atom. The van der Waals surface area contributed by atoms with Crippen LogP contribution in [0.3, 0.4) is 0 Å². The SMILES string of the molecule is Cc1ccc(C(=O)c2cccn2Cc2cnc3cccc(C#N)c3c2)cc1. The Morgan fingerprint density at radius 3 is 2.70 bits per heavy atom. The van der Waals surface area contributed by atoms with Crippen LogP contribution in [-0.4, -0.2) is 15.3 Å². The molecule has 0 N–H and O–H groups in total. The van der Waals surface area contributed by atoms with Gasteiger partial charge in [-0.05, 0) is 42.8 Å². The second kappa shape index (κ2) is 6.89. The lowest BCUT2D eigenvalue weighted by Gasteiger charge is -2.10. The Hall–Kier alpha value is -3.71. The molecule has 0 saturated carbocycles. The molecule has 0 radical (unpaired) electrons. The van der Waals surface area contributed by atoms with Crippen molar-refractivity contribution in [3.63, 3.8) is 0 Å². The summed E-state index contributed by atoms with van der Waals surface area (Å²) in [5.74, 6) is -0.00791. The number of aromatic nitrogens is 2. The van der Waals surface area contributed by atoms with E-state index in [9.17, 15) is 10.1 Å². The van der Waals surface area contributed by atoms with Crippen LogP contribution in [0.4, 0.5) is 0 Å². The van der Waals surface area contributed by atoms with Crippen molar-refractivity contribution in [2.24, 2.45) is 0 Å². The van der Waals surface area contributed by atoms with Crippen molar-refractivity contribution in [2.45, 2.75) is 13.5 Å². The number of fused-ring (bicyclic) bond motifs is 1. The van der Waals surface area contributed by atoms with Crippen LogP contribution in [0.5, 0.6) is 0 Å². The average Bonchev–Trinajstić information content (AvgIpc) is 3.15. The van der Waals surface area contributed by atoms with Crippen molar-refractivity contribution < 1.29 is 4.79 Å². The smallest absolute Gasteiger partial charge is 0.209 e. The molecule has 0 fully saturated rings. The highest BCUT2D eigenvalue weighted by molar-refractivity contribution is 6.08. The number of hydrogen-bond acceptors (Lipinski definition) is 3. The van der Waals surface area contributed by atoms with Crippen molar-refractivity contribution >= 4 is 16.7 Å². The number of hydrogen-bond donors (Lipinski definition) is 0. The molecule has 0 bridgehead atoms. The van der Waals surface area contributed by atoms with Crippen LogP contribution in [0.25, 0.3) is 10.9 Å². The molecule has 2 heterocycles. The predicted molar refractivity (Wildman–Crippen MR) is 105 cm³/mol. The summed E-state index contributed by atoms with van der Waals surface area (Å²) in [5, 5.41) is 10.1. The van der Waals surface area contributed by atoms with Crippen molar-refractivity contribution in [3.8, 4) is 6.07 Å². The van der Waals surface area contributed by atoms with E-state index in [-0.39, 0.29) is 5.78 Å². The Morgan fingerprint density at radius 2 is 1.93 bits per heavy atom. The van der Waals surface area contributed by atoms with Crippen LogP contribution >= 0.6 is 0 Å². The summed E-state index contributed by atoms with van der Waals surface area (Å²) in [6, 6.07) is 21.0. The molecule has 0 aliphatic rings. The number of aryl methyl sites for hydroxylation is 1. The van der Waals surface area contributed by atoms with Gasteiger partial charge in [-0.1, -0.05) is 35.9 Å². The first-order chi connectivity index (χ1) is 13.2. The Balaban J connectivity index is 1.68. The molecule has 2 aromatic heterocycles. The minimum Gasteiger partial charge on any atom is -0.340 e. The number of carbonyl (C=O) groups excluding carboxylic acids is 1. The van der Waals surface area contributed by atoms with Gasteiger partial charge in [0.2, 0.25) is 5.78 Å². The largest absolute Gasteiger partial charge is 0.340 e. The van der Waals surface area contributed by atoms with Gasteiger partial charge in [-0.3, -0.25) is 9.78 Å². The van der Waals surface area contributed by atoms with Crippen molar-refractivity contribution in [1.82, 2.24) is 9.55 Å². The van der Waals surface area contributed by atoms with E-state index in [0.29, 0.717) is 23.4 Å². The lowest BCUT2D eigenvalue weighted by Crippen LogP contribution is -2.10. The topological polar surface area (TPSA) is 58.7 Å². The van der Waals surface area contributed by atoms with E-state index in [1.165, 1.54) is 0 Å². The second-order valence-electron chi connectivity index (χ2n) is 6.54. The van der Waals surface area contributed by atoms with Gasteiger partial charge in [0, 0.05) is 29.9 Å². The third-order valence-corrected chi connectivity index (χ3v) is 4.63. The quantitative estimate of drug-likeness (QED) is 0.509. The molecule has 130 valence electrons. The Labute approximate surface area is 157 Å². The molecule has 27 heavy (non-hydrogen) atoms. The molecule has 4 nitrogen and oxygen atoms in total. The molecule has 4 aromatic rings.